The van der Waals surface area contributed by atoms with E-state index in [1.54, 1.807) is 0 Å². The predicted molar refractivity (Wildman–Crippen MR) is 78.5 cm³/mol. The van der Waals surface area contributed by atoms with E-state index in [1.807, 2.05) is 0 Å². The van der Waals surface area contributed by atoms with Crippen molar-refractivity contribution in [2.45, 2.75) is 44.9 Å². The first-order valence-corrected chi connectivity index (χ1v) is 7.36. The van der Waals surface area contributed by atoms with Gasteiger partial charge < -0.3 is 10.0 Å². The van der Waals surface area contributed by atoms with Crippen LogP contribution in [0.5, 0.6) is 0 Å². The van der Waals surface area contributed by atoms with Crippen molar-refractivity contribution in [2.75, 3.05) is 25.0 Å². The molecule has 19 heavy (non-hydrogen) atoms. The van der Waals surface area contributed by atoms with E-state index in [-0.39, 0.29) is 6.61 Å². The molecule has 0 aliphatic carbocycles. The van der Waals surface area contributed by atoms with Gasteiger partial charge in [0, 0.05) is 36.4 Å². The molecule has 3 nitrogen and oxygen atoms in total. The average molecular weight is 260 g/mol. The number of rotatable bonds is 2. The molecule has 0 saturated carbocycles. The molecule has 2 unspecified atom stereocenters. The highest BCUT2D eigenvalue weighted by atomic mass is 16.3. The van der Waals surface area contributed by atoms with Crippen molar-refractivity contribution in [1.82, 2.24) is 4.90 Å². The summed E-state index contributed by atoms with van der Waals surface area (Å²) in [6, 6.07) is 7.89. The lowest BCUT2D eigenvalue weighted by Gasteiger charge is -2.29. The number of hydrogen-bond donors (Lipinski definition) is 1. The Kier molecular flexibility index (Phi) is 3.50. The second-order valence-electron chi connectivity index (χ2n) is 6.08. The van der Waals surface area contributed by atoms with E-state index in [0.29, 0.717) is 6.04 Å². The maximum absolute atomic E-state index is 9.59. The molecule has 2 heterocycles. The summed E-state index contributed by atoms with van der Waals surface area (Å²) in [6.45, 7) is 4.43. The second kappa shape index (κ2) is 5.14. The van der Waals surface area contributed by atoms with Crippen LogP contribution in [0.4, 0.5) is 5.69 Å². The standard InChI is InChI=1S/C16H24N2O/c1-12-3-6-16(13(9-12)11-19)18-8-7-14-4-5-15(10-18)17(14)2/h3,6,9,14-15,19H,4-5,7-8,10-11H2,1-2H3. The monoisotopic (exact) mass is 260 g/mol. The zero-order valence-electron chi connectivity index (χ0n) is 12.0. The van der Waals surface area contributed by atoms with Gasteiger partial charge in [0.2, 0.25) is 0 Å². The zero-order valence-corrected chi connectivity index (χ0v) is 12.0. The molecule has 104 valence electrons. The van der Waals surface area contributed by atoms with Crippen LogP contribution in [0.3, 0.4) is 0 Å². The summed E-state index contributed by atoms with van der Waals surface area (Å²) in [4.78, 5) is 5.04. The molecule has 2 fully saturated rings. The SMILES string of the molecule is Cc1ccc(N2CCC3CCC(C2)N3C)c(CO)c1. The smallest absolute Gasteiger partial charge is 0.0702 e. The van der Waals surface area contributed by atoms with Crippen LogP contribution in [0, 0.1) is 6.92 Å². The van der Waals surface area contributed by atoms with Crippen molar-refractivity contribution in [1.29, 1.82) is 0 Å². The molecule has 2 aliphatic heterocycles. The van der Waals surface area contributed by atoms with Gasteiger partial charge in [-0.15, -0.1) is 0 Å². The number of benzene rings is 1. The van der Waals surface area contributed by atoms with Crippen LogP contribution >= 0.6 is 0 Å². The third-order valence-corrected chi connectivity index (χ3v) is 4.89. The lowest BCUT2D eigenvalue weighted by Crippen LogP contribution is -2.37. The Morgan fingerprint density at radius 1 is 1.21 bits per heavy atom. The molecule has 0 aromatic heterocycles. The van der Waals surface area contributed by atoms with Gasteiger partial charge in [-0.05, 0) is 39.3 Å². The third-order valence-electron chi connectivity index (χ3n) is 4.89. The minimum Gasteiger partial charge on any atom is -0.392 e. The molecule has 3 rings (SSSR count). The van der Waals surface area contributed by atoms with Gasteiger partial charge in [-0.1, -0.05) is 17.7 Å². The Bertz CT molecular complexity index is 460. The Hall–Kier alpha value is -1.06. The number of aliphatic hydroxyl groups excluding tert-OH is 1. The van der Waals surface area contributed by atoms with E-state index in [4.69, 9.17) is 0 Å². The van der Waals surface area contributed by atoms with Crippen LogP contribution in [0.25, 0.3) is 0 Å². The number of nitrogens with zero attached hydrogens (tertiary/aromatic N) is 2. The van der Waals surface area contributed by atoms with Crippen LogP contribution in [0.1, 0.15) is 30.4 Å². The molecule has 0 radical (unpaired) electrons. The predicted octanol–water partition coefficient (Wildman–Crippen LogP) is 2.16. The van der Waals surface area contributed by atoms with Crippen LogP contribution in [-0.2, 0) is 6.61 Å². The van der Waals surface area contributed by atoms with Crippen molar-refractivity contribution >= 4 is 5.69 Å². The summed E-state index contributed by atoms with van der Waals surface area (Å²) in [5, 5.41) is 9.59. The highest BCUT2D eigenvalue weighted by Gasteiger charge is 2.34. The van der Waals surface area contributed by atoms with E-state index in [1.165, 1.54) is 30.5 Å². The van der Waals surface area contributed by atoms with E-state index >= 15 is 0 Å². The molecule has 1 aromatic rings. The molecule has 1 aromatic carbocycles. The minimum atomic E-state index is 0.136. The number of aliphatic hydroxyl groups is 1. The van der Waals surface area contributed by atoms with Gasteiger partial charge in [-0.25, -0.2) is 0 Å². The lowest BCUT2D eigenvalue weighted by atomic mass is 10.0. The van der Waals surface area contributed by atoms with Crippen LogP contribution in [0.2, 0.25) is 0 Å². The van der Waals surface area contributed by atoms with Gasteiger partial charge in [-0.3, -0.25) is 4.90 Å². The van der Waals surface area contributed by atoms with Gasteiger partial charge >= 0.3 is 0 Å². The van der Waals surface area contributed by atoms with Crippen molar-refractivity contribution < 1.29 is 5.11 Å². The first kappa shape index (κ1) is 12.9. The normalized spacial score (nSPS) is 27.6. The molecule has 2 bridgehead atoms. The molecule has 3 heteroatoms. The number of aryl methyl sites for hydroxylation is 1. The quantitative estimate of drug-likeness (QED) is 0.883. The Morgan fingerprint density at radius 3 is 2.79 bits per heavy atom. The first-order chi connectivity index (χ1) is 9.19. The fraction of sp³-hybridized carbons (Fsp3) is 0.625. The summed E-state index contributed by atoms with van der Waals surface area (Å²) in [5.74, 6) is 0. The summed E-state index contributed by atoms with van der Waals surface area (Å²) >= 11 is 0. The van der Waals surface area contributed by atoms with E-state index in [9.17, 15) is 5.11 Å². The van der Waals surface area contributed by atoms with Crippen molar-refractivity contribution in [3.8, 4) is 0 Å². The van der Waals surface area contributed by atoms with Crippen molar-refractivity contribution in [3.05, 3.63) is 29.3 Å². The third kappa shape index (κ3) is 2.37. The molecular formula is C16H24N2O. The highest BCUT2D eigenvalue weighted by molar-refractivity contribution is 5.55. The minimum absolute atomic E-state index is 0.136. The Morgan fingerprint density at radius 2 is 2.00 bits per heavy atom. The lowest BCUT2D eigenvalue weighted by molar-refractivity contribution is 0.254. The van der Waals surface area contributed by atoms with Gasteiger partial charge in [0.1, 0.15) is 0 Å². The summed E-state index contributed by atoms with van der Waals surface area (Å²) in [7, 11) is 2.27. The van der Waals surface area contributed by atoms with Crippen molar-refractivity contribution in [3.63, 3.8) is 0 Å². The number of anilines is 1. The van der Waals surface area contributed by atoms with E-state index in [2.05, 4.69) is 42.0 Å². The number of fused-ring (bicyclic) bond motifs is 2. The molecule has 2 aliphatic rings. The van der Waals surface area contributed by atoms with Crippen LogP contribution in [0.15, 0.2) is 18.2 Å². The summed E-state index contributed by atoms with van der Waals surface area (Å²) in [6.07, 6.45) is 3.92. The maximum atomic E-state index is 9.59. The highest BCUT2D eigenvalue weighted by Crippen LogP contribution is 2.32. The van der Waals surface area contributed by atoms with E-state index < -0.39 is 0 Å². The summed E-state index contributed by atoms with van der Waals surface area (Å²) in [5.41, 5.74) is 3.52. The zero-order chi connectivity index (χ0) is 13.4. The Labute approximate surface area is 115 Å². The maximum Gasteiger partial charge on any atom is 0.0702 e. The largest absolute Gasteiger partial charge is 0.392 e. The topological polar surface area (TPSA) is 26.7 Å². The van der Waals surface area contributed by atoms with Crippen LogP contribution < -0.4 is 4.90 Å². The molecule has 2 saturated heterocycles. The molecule has 1 N–H and O–H groups in total. The van der Waals surface area contributed by atoms with Gasteiger partial charge in [0.25, 0.3) is 0 Å². The van der Waals surface area contributed by atoms with Gasteiger partial charge in [0.15, 0.2) is 0 Å². The van der Waals surface area contributed by atoms with Gasteiger partial charge in [0.05, 0.1) is 6.61 Å². The first-order valence-electron chi connectivity index (χ1n) is 7.36. The number of hydrogen-bond acceptors (Lipinski definition) is 3. The van der Waals surface area contributed by atoms with Gasteiger partial charge in [-0.2, -0.15) is 0 Å². The van der Waals surface area contributed by atoms with E-state index in [0.717, 1.165) is 24.7 Å². The molecule has 2 atom stereocenters. The fourth-order valence-corrected chi connectivity index (χ4v) is 3.68. The average Bonchev–Trinajstić information content (AvgIpc) is 2.64. The fourth-order valence-electron chi connectivity index (χ4n) is 3.68. The molecule has 0 amide bonds. The molecule has 0 spiro atoms. The summed E-state index contributed by atoms with van der Waals surface area (Å²) < 4.78 is 0. The number of likely N-dealkylation sites (N-methyl/N-ethyl adjacent to an activating group) is 1. The van der Waals surface area contributed by atoms with Crippen molar-refractivity contribution in [2.24, 2.45) is 0 Å². The molecular weight excluding hydrogens is 236 g/mol. The Balaban J connectivity index is 1.86. The second-order valence-corrected chi connectivity index (χ2v) is 6.08. The van der Waals surface area contributed by atoms with Crippen LogP contribution in [-0.4, -0.2) is 42.2 Å².